The second-order valence-corrected chi connectivity index (χ2v) is 9.27. The van der Waals surface area contributed by atoms with Crippen molar-refractivity contribution in [3.63, 3.8) is 0 Å². The first-order valence-electron chi connectivity index (χ1n) is 10.4. The number of carbonyl (C=O) groups is 2. The lowest BCUT2D eigenvalue weighted by molar-refractivity contribution is -0.137. The third-order valence-corrected chi connectivity index (χ3v) is 5.48. The average molecular weight is 405 g/mol. The molecule has 1 saturated heterocycles. The number of pyridine rings is 1. The number of carbonyl (C=O) groups excluding carboxylic acids is 2. The zero-order valence-corrected chi connectivity index (χ0v) is 17.8. The Hall–Kier alpha value is -3.15. The van der Waals surface area contributed by atoms with Crippen molar-refractivity contribution in [3.05, 3.63) is 71.7 Å². The highest BCUT2D eigenvalue weighted by Crippen LogP contribution is 2.30. The highest BCUT2D eigenvalue weighted by atomic mass is 16.2. The molecule has 4 rings (SSSR count). The lowest BCUT2D eigenvalue weighted by atomic mass is 9.87. The van der Waals surface area contributed by atoms with E-state index >= 15 is 0 Å². The van der Waals surface area contributed by atoms with Crippen molar-refractivity contribution in [2.45, 2.75) is 39.7 Å². The monoisotopic (exact) mass is 404 g/mol. The molecule has 1 aliphatic rings. The molecule has 1 fully saturated rings. The number of nitrogens with one attached hydrogen (secondary N) is 1. The second kappa shape index (κ2) is 7.94. The summed E-state index contributed by atoms with van der Waals surface area (Å²) < 4.78 is 1.93. The summed E-state index contributed by atoms with van der Waals surface area (Å²) in [6.45, 7) is 8.23. The normalized spacial score (nSPS) is 14.6. The van der Waals surface area contributed by atoms with Gasteiger partial charge in [-0.25, -0.2) is 4.98 Å². The SMILES string of the molecule is CC(C)(C)CC(=O)N1CC(c2ccc(C(=O)NCc3ccn4ccnc4c3)cc2)C1. The highest BCUT2D eigenvalue weighted by Gasteiger charge is 2.33. The molecule has 0 unspecified atom stereocenters. The minimum Gasteiger partial charge on any atom is -0.348 e. The molecular formula is C24H28N4O2. The van der Waals surface area contributed by atoms with Crippen LogP contribution in [-0.4, -0.2) is 39.2 Å². The van der Waals surface area contributed by atoms with Gasteiger partial charge < -0.3 is 14.6 Å². The van der Waals surface area contributed by atoms with E-state index in [-0.39, 0.29) is 17.2 Å². The van der Waals surface area contributed by atoms with Gasteiger partial charge in [-0.15, -0.1) is 0 Å². The van der Waals surface area contributed by atoms with Crippen molar-refractivity contribution in [2.24, 2.45) is 5.41 Å². The summed E-state index contributed by atoms with van der Waals surface area (Å²) in [5.41, 5.74) is 3.70. The third kappa shape index (κ3) is 4.53. The van der Waals surface area contributed by atoms with Crippen LogP contribution in [0, 0.1) is 5.41 Å². The van der Waals surface area contributed by atoms with E-state index in [9.17, 15) is 9.59 Å². The Morgan fingerprint density at radius 3 is 2.53 bits per heavy atom. The fraction of sp³-hybridized carbons (Fsp3) is 0.375. The van der Waals surface area contributed by atoms with Crippen molar-refractivity contribution < 1.29 is 9.59 Å². The number of hydrogen-bond acceptors (Lipinski definition) is 3. The fourth-order valence-corrected chi connectivity index (χ4v) is 3.71. The van der Waals surface area contributed by atoms with Crippen molar-refractivity contribution in [1.82, 2.24) is 19.6 Å². The van der Waals surface area contributed by atoms with Gasteiger partial charge in [0.2, 0.25) is 5.91 Å². The minimum absolute atomic E-state index is 0.0153. The molecule has 0 saturated carbocycles. The number of hydrogen-bond donors (Lipinski definition) is 1. The Morgan fingerprint density at radius 1 is 1.10 bits per heavy atom. The Labute approximate surface area is 176 Å². The van der Waals surface area contributed by atoms with E-state index in [4.69, 9.17) is 0 Å². The molecule has 2 amide bonds. The van der Waals surface area contributed by atoms with Crippen LogP contribution in [0.1, 0.15) is 54.6 Å². The van der Waals surface area contributed by atoms with E-state index in [1.807, 2.05) is 58.1 Å². The van der Waals surface area contributed by atoms with Crippen molar-refractivity contribution in [1.29, 1.82) is 0 Å². The van der Waals surface area contributed by atoms with Crippen molar-refractivity contribution in [3.8, 4) is 0 Å². The lowest BCUT2D eigenvalue weighted by Gasteiger charge is -2.40. The largest absolute Gasteiger partial charge is 0.348 e. The predicted molar refractivity (Wildman–Crippen MR) is 116 cm³/mol. The van der Waals surface area contributed by atoms with E-state index in [2.05, 4.69) is 31.1 Å². The van der Waals surface area contributed by atoms with E-state index < -0.39 is 0 Å². The van der Waals surface area contributed by atoms with Crippen LogP contribution in [-0.2, 0) is 11.3 Å². The molecule has 0 aliphatic carbocycles. The summed E-state index contributed by atoms with van der Waals surface area (Å²) in [5, 5.41) is 2.96. The number of benzene rings is 1. The Bertz CT molecular complexity index is 1060. The summed E-state index contributed by atoms with van der Waals surface area (Å²) in [6, 6.07) is 11.7. The predicted octanol–water partition coefficient (Wildman–Crippen LogP) is 3.63. The van der Waals surface area contributed by atoms with Gasteiger partial charge in [0.25, 0.3) is 5.91 Å². The molecule has 0 bridgehead atoms. The molecule has 156 valence electrons. The van der Waals surface area contributed by atoms with E-state index in [0.29, 0.717) is 24.4 Å². The van der Waals surface area contributed by atoms with Crippen LogP contribution in [0.15, 0.2) is 55.0 Å². The standard InChI is InChI=1S/C24H28N4O2/c1-24(2,3)13-22(29)28-15-20(16-28)18-4-6-19(7-5-18)23(30)26-14-17-8-10-27-11-9-25-21(27)12-17/h4-12,20H,13-16H2,1-3H3,(H,26,30). The van der Waals surface area contributed by atoms with Gasteiger partial charge in [0.05, 0.1) is 0 Å². The summed E-state index contributed by atoms with van der Waals surface area (Å²) in [4.78, 5) is 30.9. The van der Waals surface area contributed by atoms with Gasteiger partial charge in [-0.3, -0.25) is 9.59 Å². The Kier molecular flexibility index (Phi) is 5.33. The molecule has 1 aromatic carbocycles. The molecule has 0 spiro atoms. The minimum atomic E-state index is -0.0969. The molecular weight excluding hydrogens is 376 g/mol. The van der Waals surface area contributed by atoms with Crippen molar-refractivity contribution >= 4 is 17.5 Å². The topological polar surface area (TPSA) is 66.7 Å². The molecule has 1 N–H and O–H groups in total. The van der Waals surface area contributed by atoms with Crippen LogP contribution in [0.3, 0.4) is 0 Å². The molecule has 0 radical (unpaired) electrons. The molecule has 1 aliphatic heterocycles. The molecule has 6 nitrogen and oxygen atoms in total. The maximum Gasteiger partial charge on any atom is 0.251 e. The van der Waals surface area contributed by atoms with E-state index in [0.717, 1.165) is 24.3 Å². The van der Waals surface area contributed by atoms with Crippen molar-refractivity contribution in [2.75, 3.05) is 13.1 Å². The molecule has 2 aromatic heterocycles. The highest BCUT2D eigenvalue weighted by molar-refractivity contribution is 5.94. The number of rotatable bonds is 5. The molecule has 6 heteroatoms. The Morgan fingerprint density at radius 2 is 1.83 bits per heavy atom. The number of amides is 2. The first-order chi connectivity index (χ1) is 14.3. The third-order valence-electron chi connectivity index (χ3n) is 5.48. The van der Waals surface area contributed by atoms with E-state index in [1.165, 1.54) is 5.56 Å². The first kappa shape index (κ1) is 20.1. The van der Waals surface area contributed by atoms with Gasteiger partial charge in [0.1, 0.15) is 5.65 Å². The van der Waals surface area contributed by atoms with Gasteiger partial charge in [-0.2, -0.15) is 0 Å². The Balaban J connectivity index is 1.29. The summed E-state index contributed by atoms with van der Waals surface area (Å²) in [5.74, 6) is 0.482. The van der Waals surface area contributed by atoms with Gasteiger partial charge in [0.15, 0.2) is 0 Å². The van der Waals surface area contributed by atoms with E-state index in [1.54, 1.807) is 6.20 Å². The maximum atomic E-state index is 12.5. The zero-order chi connectivity index (χ0) is 21.3. The summed E-state index contributed by atoms with van der Waals surface area (Å²) in [7, 11) is 0. The quantitative estimate of drug-likeness (QED) is 0.706. The lowest BCUT2D eigenvalue weighted by Crippen LogP contribution is -2.49. The number of aromatic nitrogens is 2. The first-order valence-corrected chi connectivity index (χ1v) is 10.4. The van der Waals surface area contributed by atoms with Gasteiger partial charge in [-0.05, 0) is 40.8 Å². The summed E-state index contributed by atoms with van der Waals surface area (Å²) in [6.07, 6.45) is 6.15. The molecule has 3 aromatic rings. The van der Waals surface area contributed by atoms with Crippen LogP contribution in [0.4, 0.5) is 0 Å². The number of nitrogens with zero attached hydrogens (tertiary/aromatic N) is 3. The van der Waals surface area contributed by atoms with Gasteiger partial charge in [-0.1, -0.05) is 32.9 Å². The van der Waals surface area contributed by atoms with Crippen LogP contribution >= 0.6 is 0 Å². The van der Waals surface area contributed by atoms with Crippen LogP contribution in [0.5, 0.6) is 0 Å². The number of likely N-dealkylation sites (tertiary alicyclic amines) is 1. The van der Waals surface area contributed by atoms with Crippen LogP contribution in [0.2, 0.25) is 0 Å². The fourth-order valence-electron chi connectivity index (χ4n) is 3.71. The van der Waals surface area contributed by atoms with Crippen LogP contribution in [0.25, 0.3) is 5.65 Å². The van der Waals surface area contributed by atoms with Gasteiger partial charge >= 0.3 is 0 Å². The average Bonchev–Trinajstić information content (AvgIpc) is 3.12. The molecule has 30 heavy (non-hydrogen) atoms. The number of imidazole rings is 1. The number of fused-ring (bicyclic) bond motifs is 1. The van der Waals surface area contributed by atoms with Gasteiger partial charge in [0, 0.05) is 56.1 Å². The molecule has 0 atom stereocenters. The smallest absolute Gasteiger partial charge is 0.251 e. The second-order valence-electron chi connectivity index (χ2n) is 9.27. The maximum absolute atomic E-state index is 12.5. The molecule has 3 heterocycles. The zero-order valence-electron chi connectivity index (χ0n) is 17.8. The summed E-state index contributed by atoms with van der Waals surface area (Å²) >= 11 is 0. The van der Waals surface area contributed by atoms with Crippen LogP contribution < -0.4 is 5.32 Å².